The van der Waals surface area contributed by atoms with Crippen molar-refractivity contribution in [3.63, 3.8) is 0 Å². The molecule has 1 aliphatic heterocycles. The average Bonchev–Trinajstić information content (AvgIpc) is 2.81. The van der Waals surface area contributed by atoms with Crippen molar-refractivity contribution in [1.82, 2.24) is 0 Å². The second-order valence-corrected chi connectivity index (χ2v) is 5.27. The van der Waals surface area contributed by atoms with Gasteiger partial charge in [-0.2, -0.15) is 0 Å². The highest BCUT2D eigenvalue weighted by atomic mass is 16.6. The van der Waals surface area contributed by atoms with Crippen LogP contribution in [0.15, 0.2) is 18.2 Å². The van der Waals surface area contributed by atoms with Gasteiger partial charge in [-0.25, -0.2) is 0 Å². The third kappa shape index (κ3) is 2.49. The molecule has 104 valence electrons. The number of nitrogens with two attached hydrogens (primary N) is 1. The van der Waals surface area contributed by atoms with Crippen LogP contribution in [0.5, 0.6) is 5.75 Å². The van der Waals surface area contributed by atoms with Gasteiger partial charge in [0.1, 0.15) is 5.69 Å². The van der Waals surface area contributed by atoms with E-state index in [4.69, 9.17) is 10.5 Å². The minimum atomic E-state index is -0.383. The molecule has 0 spiro atoms. The van der Waals surface area contributed by atoms with Crippen LogP contribution in [0.1, 0.15) is 13.3 Å². The van der Waals surface area contributed by atoms with Gasteiger partial charge in [-0.05, 0) is 30.5 Å². The second-order valence-electron chi connectivity index (χ2n) is 5.27. The summed E-state index contributed by atoms with van der Waals surface area (Å²) in [7, 11) is 1.44. The highest BCUT2D eigenvalue weighted by Gasteiger charge is 2.36. The number of rotatable bonds is 4. The number of para-hydroxylation sites is 1. The number of nitro benzene ring substituents is 1. The maximum Gasteiger partial charge on any atom is 0.333 e. The van der Waals surface area contributed by atoms with Gasteiger partial charge in [-0.1, -0.05) is 13.0 Å². The van der Waals surface area contributed by atoms with Gasteiger partial charge < -0.3 is 15.4 Å². The van der Waals surface area contributed by atoms with Crippen molar-refractivity contribution in [2.24, 2.45) is 11.1 Å². The molecule has 0 amide bonds. The van der Waals surface area contributed by atoms with Crippen LogP contribution in [0.25, 0.3) is 0 Å². The Balaban J connectivity index is 2.38. The molecule has 19 heavy (non-hydrogen) atoms. The zero-order chi connectivity index (χ0) is 14.0. The Morgan fingerprint density at radius 3 is 2.84 bits per heavy atom. The summed E-state index contributed by atoms with van der Waals surface area (Å²) in [5, 5.41) is 11.3. The van der Waals surface area contributed by atoms with Crippen LogP contribution >= 0.6 is 0 Å². The Kier molecular flexibility index (Phi) is 3.61. The highest BCUT2D eigenvalue weighted by molar-refractivity contribution is 5.70. The third-order valence-corrected chi connectivity index (χ3v) is 3.77. The molecule has 0 aromatic heterocycles. The van der Waals surface area contributed by atoms with Gasteiger partial charge in [-0.15, -0.1) is 0 Å². The van der Waals surface area contributed by atoms with E-state index in [-0.39, 0.29) is 16.0 Å². The third-order valence-electron chi connectivity index (χ3n) is 3.77. The van der Waals surface area contributed by atoms with E-state index in [0.29, 0.717) is 18.0 Å². The Hall–Kier alpha value is -1.82. The zero-order valence-electron chi connectivity index (χ0n) is 11.3. The Bertz CT molecular complexity index is 492. The first-order valence-electron chi connectivity index (χ1n) is 6.27. The van der Waals surface area contributed by atoms with Crippen molar-refractivity contribution >= 4 is 11.4 Å². The minimum absolute atomic E-state index is 0.0247. The summed E-state index contributed by atoms with van der Waals surface area (Å²) in [6.45, 7) is 4.21. The number of nitro groups is 1. The van der Waals surface area contributed by atoms with E-state index in [1.807, 2.05) is 4.90 Å². The standard InChI is InChI=1S/C13H19N3O3/c1-13(8-14)6-7-15(9-13)10-4-3-5-11(19-2)12(10)16(17)18/h3-5H,6-9,14H2,1-2H3. The van der Waals surface area contributed by atoms with Crippen LogP contribution in [0.2, 0.25) is 0 Å². The van der Waals surface area contributed by atoms with Crippen molar-refractivity contribution in [2.75, 3.05) is 31.6 Å². The fourth-order valence-corrected chi connectivity index (χ4v) is 2.51. The summed E-state index contributed by atoms with van der Waals surface area (Å²) < 4.78 is 5.09. The van der Waals surface area contributed by atoms with Gasteiger partial charge in [0.15, 0.2) is 5.75 Å². The molecule has 1 fully saturated rings. The maximum absolute atomic E-state index is 11.3. The van der Waals surface area contributed by atoms with Crippen LogP contribution in [0.3, 0.4) is 0 Å². The molecule has 2 rings (SSSR count). The molecular formula is C13H19N3O3. The zero-order valence-corrected chi connectivity index (χ0v) is 11.3. The fraction of sp³-hybridized carbons (Fsp3) is 0.538. The summed E-state index contributed by atoms with van der Waals surface area (Å²) in [6, 6.07) is 5.15. The predicted octanol–water partition coefficient (Wildman–Crippen LogP) is 1.78. The summed E-state index contributed by atoms with van der Waals surface area (Å²) in [5.41, 5.74) is 6.45. The minimum Gasteiger partial charge on any atom is -0.490 e. The van der Waals surface area contributed by atoms with Crippen LogP contribution in [-0.2, 0) is 0 Å². The van der Waals surface area contributed by atoms with Crippen LogP contribution < -0.4 is 15.4 Å². The van der Waals surface area contributed by atoms with E-state index in [9.17, 15) is 10.1 Å². The van der Waals surface area contributed by atoms with Gasteiger partial charge >= 0.3 is 5.69 Å². The Morgan fingerprint density at radius 2 is 2.32 bits per heavy atom. The van der Waals surface area contributed by atoms with Crippen LogP contribution in [0.4, 0.5) is 11.4 Å². The molecule has 2 N–H and O–H groups in total. The Labute approximate surface area is 112 Å². The number of hydrogen-bond acceptors (Lipinski definition) is 5. The van der Waals surface area contributed by atoms with Gasteiger partial charge in [0.05, 0.1) is 12.0 Å². The van der Waals surface area contributed by atoms with E-state index in [1.165, 1.54) is 7.11 Å². The first kappa shape index (κ1) is 13.6. The normalized spacial score (nSPS) is 22.6. The summed E-state index contributed by atoms with van der Waals surface area (Å²) >= 11 is 0. The number of ether oxygens (including phenoxy) is 1. The first-order chi connectivity index (χ1) is 9.00. The molecular weight excluding hydrogens is 246 g/mol. The van der Waals surface area contributed by atoms with Gasteiger partial charge in [0, 0.05) is 13.1 Å². The van der Waals surface area contributed by atoms with Crippen molar-refractivity contribution in [2.45, 2.75) is 13.3 Å². The molecule has 0 bridgehead atoms. The number of nitrogens with zero attached hydrogens (tertiary/aromatic N) is 2. The smallest absolute Gasteiger partial charge is 0.333 e. The van der Waals surface area contributed by atoms with Crippen molar-refractivity contribution < 1.29 is 9.66 Å². The SMILES string of the molecule is COc1cccc(N2CCC(C)(CN)C2)c1[N+](=O)[O-]. The summed E-state index contributed by atoms with van der Waals surface area (Å²) in [6.07, 6.45) is 0.942. The molecule has 0 radical (unpaired) electrons. The van der Waals surface area contributed by atoms with Crippen LogP contribution in [-0.4, -0.2) is 31.7 Å². The number of anilines is 1. The fourth-order valence-electron chi connectivity index (χ4n) is 2.51. The van der Waals surface area contributed by atoms with Gasteiger partial charge in [-0.3, -0.25) is 10.1 Å². The van der Waals surface area contributed by atoms with Gasteiger partial charge in [0.25, 0.3) is 0 Å². The molecule has 0 aliphatic carbocycles. The number of hydrogen-bond donors (Lipinski definition) is 1. The Morgan fingerprint density at radius 1 is 1.58 bits per heavy atom. The lowest BCUT2D eigenvalue weighted by molar-refractivity contribution is -0.385. The monoisotopic (exact) mass is 265 g/mol. The average molecular weight is 265 g/mol. The molecule has 0 saturated carbocycles. The lowest BCUT2D eigenvalue weighted by Crippen LogP contribution is -2.31. The summed E-state index contributed by atoms with van der Waals surface area (Å²) in [4.78, 5) is 12.9. The van der Waals surface area contributed by atoms with Crippen LogP contribution in [0, 0.1) is 15.5 Å². The number of methoxy groups -OCH3 is 1. The molecule has 1 unspecified atom stereocenters. The molecule has 1 heterocycles. The molecule has 6 heteroatoms. The lowest BCUT2D eigenvalue weighted by atomic mass is 9.90. The van der Waals surface area contributed by atoms with Crippen molar-refractivity contribution in [1.29, 1.82) is 0 Å². The van der Waals surface area contributed by atoms with Crippen molar-refractivity contribution in [3.05, 3.63) is 28.3 Å². The molecule has 1 aromatic carbocycles. The second kappa shape index (κ2) is 5.05. The molecule has 1 saturated heterocycles. The van der Waals surface area contributed by atoms with E-state index in [0.717, 1.165) is 19.5 Å². The maximum atomic E-state index is 11.3. The molecule has 1 aliphatic rings. The lowest BCUT2D eigenvalue weighted by Gasteiger charge is -2.24. The van der Waals surface area contributed by atoms with E-state index >= 15 is 0 Å². The predicted molar refractivity (Wildman–Crippen MR) is 73.6 cm³/mol. The first-order valence-corrected chi connectivity index (χ1v) is 6.27. The largest absolute Gasteiger partial charge is 0.490 e. The van der Waals surface area contributed by atoms with E-state index in [1.54, 1.807) is 18.2 Å². The quantitative estimate of drug-likeness (QED) is 0.663. The van der Waals surface area contributed by atoms with Gasteiger partial charge in [0.2, 0.25) is 0 Å². The molecule has 6 nitrogen and oxygen atoms in total. The molecule has 1 aromatic rings. The topological polar surface area (TPSA) is 81.6 Å². The number of benzene rings is 1. The highest BCUT2D eigenvalue weighted by Crippen LogP contribution is 2.41. The van der Waals surface area contributed by atoms with Crippen molar-refractivity contribution in [3.8, 4) is 5.75 Å². The molecule has 1 atom stereocenters. The summed E-state index contributed by atoms with van der Waals surface area (Å²) in [5.74, 6) is 0.295. The van der Waals surface area contributed by atoms with E-state index < -0.39 is 0 Å². The van der Waals surface area contributed by atoms with E-state index in [2.05, 4.69) is 6.92 Å².